The van der Waals surface area contributed by atoms with Gasteiger partial charge in [0.25, 0.3) is 0 Å². The van der Waals surface area contributed by atoms with Gasteiger partial charge in [0.1, 0.15) is 16.9 Å². The molecule has 34 heavy (non-hydrogen) atoms. The van der Waals surface area contributed by atoms with Gasteiger partial charge in [0.05, 0.1) is 17.3 Å². The number of nitrogens with zero attached hydrogens (tertiary/aromatic N) is 2. The maximum absolute atomic E-state index is 12.7. The Morgan fingerprint density at radius 2 is 1.71 bits per heavy atom. The van der Waals surface area contributed by atoms with Crippen LogP contribution < -0.4 is 5.32 Å². The summed E-state index contributed by atoms with van der Waals surface area (Å²) >= 11 is 2.81. The van der Waals surface area contributed by atoms with E-state index in [4.69, 9.17) is 4.74 Å². The summed E-state index contributed by atoms with van der Waals surface area (Å²) in [4.78, 5) is 34.0. The number of anilines is 1. The Balaban J connectivity index is 1.41. The number of benzene rings is 2. The fraction of sp³-hybridized carbons (Fsp3) is 0.154. The van der Waals surface area contributed by atoms with Crippen molar-refractivity contribution in [1.29, 1.82) is 0 Å². The number of carbonyl (C=O) groups is 2. The Kier molecular flexibility index (Phi) is 8.06. The third kappa shape index (κ3) is 5.89. The van der Waals surface area contributed by atoms with Gasteiger partial charge in [0.15, 0.2) is 0 Å². The van der Waals surface area contributed by atoms with E-state index in [0.29, 0.717) is 16.3 Å². The minimum Gasteiger partial charge on any atom is -0.462 e. The van der Waals surface area contributed by atoms with Crippen LogP contribution >= 0.6 is 23.1 Å². The molecule has 6 nitrogen and oxygen atoms in total. The second kappa shape index (κ2) is 11.6. The molecular weight excluding hydrogens is 466 g/mol. The van der Waals surface area contributed by atoms with E-state index in [1.165, 1.54) is 29.4 Å². The smallest absolute Gasteiger partial charge is 0.341 e. The van der Waals surface area contributed by atoms with Crippen molar-refractivity contribution in [2.24, 2.45) is 0 Å². The number of nitrogens with one attached hydrogen (secondary N) is 1. The predicted molar refractivity (Wildman–Crippen MR) is 137 cm³/mol. The summed E-state index contributed by atoms with van der Waals surface area (Å²) in [6, 6.07) is 21.4. The van der Waals surface area contributed by atoms with Crippen LogP contribution in [-0.4, -0.2) is 34.2 Å². The van der Waals surface area contributed by atoms with Crippen LogP contribution in [0.15, 0.2) is 83.5 Å². The molecule has 1 N–H and O–H groups in total. The van der Waals surface area contributed by atoms with E-state index in [0.717, 1.165) is 27.4 Å². The lowest BCUT2D eigenvalue weighted by Crippen LogP contribution is -2.15. The standard InChI is InChI=1S/C26H23N3O3S2/c1-2-32-26(31)24-20(18-9-5-3-6-10-18)16-34-25(24)29-22(30)13-14-33-23-15-21(27-17-28-23)19-11-7-4-8-12-19/h3-12,15-17H,2,13-14H2,1H3,(H,29,30). The third-order valence-electron chi connectivity index (χ3n) is 4.90. The minimum absolute atomic E-state index is 0.170. The molecule has 0 aliphatic rings. The zero-order valence-electron chi connectivity index (χ0n) is 18.6. The van der Waals surface area contributed by atoms with Crippen molar-refractivity contribution in [3.8, 4) is 22.4 Å². The Hall–Kier alpha value is -3.49. The topological polar surface area (TPSA) is 81.2 Å². The van der Waals surface area contributed by atoms with Crippen molar-refractivity contribution in [3.63, 3.8) is 0 Å². The van der Waals surface area contributed by atoms with Gasteiger partial charge < -0.3 is 10.1 Å². The van der Waals surface area contributed by atoms with E-state index in [-0.39, 0.29) is 18.9 Å². The van der Waals surface area contributed by atoms with Crippen LogP contribution in [0.4, 0.5) is 5.00 Å². The van der Waals surface area contributed by atoms with Gasteiger partial charge in [-0.2, -0.15) is 0 Å². The lowest BCUT2D eigenvalue weighted by Gasteiger charge is -2.09. The second-order valence-corrected chi connectivity index (χ2v) is 9.19. The highest BCUT2D eigenvalue weighted by Gasteiger charge is 2.22. The Morgan fingerprint density at radius 1 is 1.00 bits per heavy atom. The number of hydrogen-bond acceptors (Lipinski definition) is 7. The first-order valence-corrected chi connectivity index (χ1v) is 12.7. The molecule has 0 aliphatic carbocycles. The first kappa shape index (κ1) is 23.7. The summed E-state index contributed by atoms with van der Waals surface area (Å²) in [7, 11) is 0. The number of hydrogen-bond donors (Lipinski definition) is 1. The Morgan fingerprint density at radius 3 is 2.41 bits per heavy atom. The summed E-state index contributed by atoms with van der Waals surface area (Å²) in [5, 5.41) is 6.07. The van der Waals surface area contributed by atoms with Crippen LogP contribution in [0.1, 0.15) is 23.7 Å². The molecule has 8 heteroatoms. The van der Waals surface area contributed by atoms with Gasteiger partial charge >= 0.3 is 5.97 Å². The van der Waals surface area contributed by atoms with Gasteiger partial charge in [-0.3, -0.25) is 4.79 Å². The third-order valence-corrected chi connectivity index (χ3v) is 6.72. The van der Waals surface area contributed by atoms with Crippen LogP contribution in [0.3, 0.4) is 0 Å². The van der Waals surface area contributed by atoms with E-state index in [1.807, 2.05) is 72.1 Å². The number of esters is 1. The molecule has 0 atom stereocenters. The van der Waals surface area contributed by atoms with Crippen LogP contribution in [0.2, 0.25) is 0 Å². The number of thioether (sulfide) groups is 1. The average molecular weight is 490 g/mol. The van der Waals surface area contributed by atoms with E-state index in [9.17, 15) is 9.59 Å². The molecule has 1 amide bonds. The van der Waals surface area contributed by atoms with E-state index in [1.54, 1.807) is 6.92 Å². The highest BCUT2D eigenvalue weighted by molar-refractivity contribution is 7.99. The fourth-order valence-electron chi connectivity index (χ4n) is 3.31. The molecule has 2 aromatic carbocycles. The summed E-state index contributed by atoms with van der Waals surface area (Å²) in [5.41, 5.74) is 3.90. The monoisotopic (exact) mass is 489 g/mol. The van der Waals surface area contributed by atoms with Crippen molar-refractivity contribution < 1.29 is 14.3 Å². The van der Waals surface area contributed by atoms with E-state index >= 15 is 0 Å². The molecule has 2 aromatic heterocycles. The van der Waals surface area contributed by atoms with Crippen LogP contribution in [0.25, 0.3) is 22.4 Å². The Labute approximate surface area is 206 Å². The summed E-state index contributed by atoms with van der Waals surface area (Å²) in [6.07, 6.45) is 1.81. The van der Waals surface area contributed by atoms with E-state index in [2.05, 4.69) is 15.3 Å². The van der Waals surface area contributed by atoms with Gasteiger partial charge in [-0.25, -0.2) is 14.8 Å². The number of thiophene rings is 1. The molecule has 0 bridgehead atoms. The van der Waals surface area contributed by atoms with Gasteiger partial charge in [0, 0.05) is 28.7 Å². The molecule has 0 unspecified atom stereocenters. The highest BCUT2D eigenvalue weighted by Crippen LogP contribution is 2.36. The maximum Gasteiger partial charge on any atom is 0.341 e. The fourth-order valence-corrected chi connectivity index (χ4v) is 5.10. The number of rotatable bonds is 9. The predicted octanol–water partition coefficient (Wildman–Crippen LogP) is 6.17. The lowest BCUT2D eigenvalue weighted by molar-refractivity contribution is -0.115. The molecule has 4 rings (SSSR count). The zero-order chi connectivity index (χ0) is 23.8. The van der Waals surface area contributed by atoms with Crippen molar-refractivity contribution in [3.05, 3.63) is 84.0 Å². The first-order valence-electron chi connectivity index (χ1n) is 10.8. The van der Waals surface area contributed by atoms with Gasteiger partial charge in [-0.05, 0) is 18.6 Å². The second-order valence-electron chi connectivity index (χ2n) is 7.19. The lowest BCUT2D eigenvalue weighted by atomic mass is 10.0. The average Bonchev–Trinajstić information content (AvgIpc) is 3.29. The van der Waals surface area contributed by atoms with Crippen molar-refractivity contribution in [2.75, 3.05) is 17.7 Å². The molecule has 0 aliphatic heterocycles. The largest absolute Gasteiger partial charge is 0.462 e. The molecule has 0 saturated heterocycles. The molecule has 0 saturated carbocycles. The van der Waals surface area contributed by atoms with Crippen molar-refractivity contribution in [2.45, 2.75) is 18.4 Å². The summed E-state index contributed by atoms with van der Waals surface area (Å²) in [6.45, 7) is 2.02. The van der Waals surface area contributed by atoms with E-state index < -0.39 is 5.97 Å². The SMILES string of the molecule is CCOC(=O)c1c(-c2ccccc2)csc1NC(=O)CCSc1cc(-c2ccccc2)ncn1. The summed E-state index contributed by atoms with van der Waals surface area (Å²) < 4.78 is 5.26. The molecule has 0 radical (unpaired) electrons. The van der Waals surface area contributed by atoms with Crippen LogP contribution in [0, 0.1) is 0 Å². The number of amides is 1. The number of ether oxygens (including phenoxy) is 1. The van der Waals surface area contributed by atoms with Crippen molar-refractivity contribution >= 4 is 40.0 Å². The van der Waals surface area contributed by atoms with Gasteiger partial charge in [0.2, 0.25) is 5.91 Å². The van der Waals surface area contributed by atoms with Crippen LogP contribution in [0.5, 0.6) is 0 Å². The summed E-state index contributed by atoms with van der Waals surface area (Å²) in [5.74, 6) is -0.0681. The highest BCUT2D eigenvalue weighted by atomic mass is 32.2. The van der Waals surface area contributed by atoms with Crippen LogP contribution in [-0.2, 0) is 9.53 Å². The quantitative estimate of drug-likeness (QED) is 0.172. The zero-order valence-corrected chi connectivity index (χ0v) is 20.2. The molecular formula is C26H23N3O3S2. The minimum atomic E-state index is -0.443. The molecule has 0 fully saturated rings. The maximum atomic E-state index is 12.7. The van der Waals surface area contributed by atoms with Crippen molar-refractivity contribution in [1.82, 2.24) is 9.97 Å². The molecule has 2 heterocycles. The molecule has 4 aromatic rings. The molecule has 0 spiro atoms. The number of carbonyl (C=O) groups excluding carboxylic acids is 2. The Bertz CT molecular complexity index is 1260. The van der Waals surface area contributed by atoms with Gasteiger partial charge in [-0.1, -0.05) is 60.7 Å². The molecule has 172 valence electrons. The van der Waals surface area contributed by atoms with Gasteiger partial charge in [-0.15, -0.1) is 23.1 Å². The number of aromatic nitrogens is 2. The first-order chi connectivity index (χ1) is 16.7. The normalized spacial score (nSPS) is 10.6.